The lowest BCUT2D eigenvalue weighted by atomic mass is 9.99. The maximum absolute atomic E-state index is 12.2. The number of halogens is 1. The van der Waals surface area contributed by atoms with Crippen LogP contribution in [0.5, 0.6) is 0 Å². The highest BCUT2D eigenvalue weighted by molar-refractivity contribution is 5.94. The number of fused-ring (bicyclic) bond motifs is 1. The first kappa shape index (κ1) is 17.2. The van der Waals surface area contributed by atoms with Gasteiger partial charge in [-0.2, -0.15) is 5.10 Å². The fourth-order valence-electron chi connectivity index (χ4n) is 3.11. The maximum Gasteiger partial charge on any atom is 0.272 e. The lowest BCUT2D eigenvalue weighted by Crippen LogP contribution is -2.39. The van der Waals surface area contributed by atoms with Crippen LogP contribution in [-0.4, -0.2) is 53.7 Å². The molecule has 6 nitrogen and oxygen atoms in total. The van der Waals surface area contributed by atoms with E-state index in [1.54, 1.807) is 0 Å². The average molecular weight is 328 g/mol. The molecule has 0 bridgehead atoms. The summed E-state index contributed by atoms with van der Waals surface area (Å²) < 4.78 is 0. The largest absolute Gasteiger partial charge is 0.349 e. The molecule has 0 unspecified atom stereocenters. The first-order valence-corrected chi connectivity index (χ1v) is 8.01. The summed E-state index contributed by atoms with van der Waals surface area (Å²) in [7, 11) is 0. The molecule has 3 heterocycles. The number of likely N-dealkylation sites (tertiary alicyclic amines) is 1. The number of aromatic amines is 1. The van der Waals surface area contributed by atoms with Gasteiger partial charge in [-0.05, 0) is 31.8 Å². The van der Waals surface area contributed by atoms with Crippen molar-refractivity contribution < 1.29 is 4.79 Å². The van der Waals surface area contributed by atoms with Gasteiger partial charge >= 0.3 is 0 Å². The number of nitrogens with one attached hydrogen (secondary N) is 3. The van der Waals surface area contributed by atoms with Crippen molar-refractivity contribution in [1.82, 2.24) is 25.7 Å². The molecule has 0 saturated carbocycles. The molecule has 1 aromatic heterocycles. The Morgan fingerprint density at radius 3 is 2.95 bits per heavy atom. The second-order valence-corrected chi connectivity index (χ2v) is 6.24. The van der Waals surface area contributed by atoms with Crippen molar-refractivity contribution in [3.05, 3.63) is 17.0 Å². The van der Waals surface area contributed by atoms with Crippen LogP contribution < -0.4 is 10.6 Å². The minimum absolute atomic E-state index is 0. The van der Waals surface area contributed by atoms with Crippen LogP contribution in [0.2, 0.25) is 0 Å². The Kier molecular flexibility index (Phi) is 6.23. The molecular weight excluding hydrogens is 302 g/mol. The standard InChI is InChI=1S/C15H25N5O.ClH/c1-11-3-7-20(8-4-11)9-6-17-15(21)14-12-10-16-5-2-13(12)18-19-14;/h11,16H,2-10H2,1H3,(H,17,21)(H,18,19);1H. The molecule has 124 valence electrons. The molecule has 0 spiro atoms. The molecule has 3 N–H and O–H groups in total. The summed E-state index contributed by atoms with van der Waals surface area (Å²) in [4.78, 5) is 14.7. The second-order valence-electron chi connectivity index (χ2n) is 6.24. The molecule has 0 atom stereocenters. The van der Waals surface area contributed by atoms with Gasteiger partial charge in [0.1, 0.15) is 0 Å². The van der Waals surface area contributed by atoms with E-state index in [1.165, 1.54) is 12.8 Å². The van der Waals surface area contributed by atoms with Gasteiger partial charge in [-0.3, -0.25) is 9.89 Å². The van der Waals surface area contributed by atoms with E-state index in [4.69, 9.17) is 0 Å². The molecular formula is C15H26ClN5O. The average Bonchev–Trinajstić information content (AvgIpc) is 2.93. The number of nitrogens with zero attached hydrogens (tertiary/aromatic N) is 2. The van der Waals surface area contributed by atoms with Gasteiger partial charge < -0.3 is 15.5 Å². The highest BCUT2D eigenvalue weighted by Gasteiger charge is 2.21. The predicted molar refractivity (Wildman–Crippen MR) is 88.4 cm³/mol. The first-order valence-electron chi connectivity index (χ1n) is 8.01. The van der Waals surface area contributed by atoms with Crippen molar-refractivity contribution in [2.75, 3.05) is 32.7 Å². The smallest absolute Gasteiger partial charge is 0.272 e. The number of hydrogen-bond donors (Lipinski definition) is 3. The van der Waals surface area contributed by atoms with Crippen LogP contribution >= 0.6 is 12.4 Å². The number of aromatic nitrogens is 2. The minimum atomic E-state index is -0.0541. The lowest BCUT2D eigenvalue weighted by molar-refractivity contribution is 0.0938. The Hall–Kier alpha value is -1.11. The predicted octanol–water partition coefficient (Wildman–Crippen LogP) is 0.939. The zero-order valence-electron chi connectivity index (χ0n) is 13.2. The van der Waals surface area contributed by atoms with Gasteiger partial charge in [-0.1, -0.05) is 6.92 Å². The van der Waals surface area contributed by atoms with Crippen LogP contribution in [0.25, 0.3) is 0 Å². The van der Waals surface area contributed by atoms with Gasteiger partial charge in [0.15, 0.2) is 5.69 Å². The van der Waals surface area contributed by atoms with Gasteiger partial charge in [-0.25, -0.2) is 0 Å². The van der Waals surface area contributed by atoms with E-state index in [1.807, 2.05) is 0 Å². The summed E-state index contributed by atoms with van der Waals surface area (Å²) in [5, 5.41) is 13.5. The van der Waals surface area contributed by atoms with Crippen LogP contribution in [-0.2, 0) is 13.0 Å². The first-order chi connectivity index (χ1) is 10.2. The fourth-order valence-corrected chi connectivity index (χ4v) is 3.11. The number of hydrogen-bond acceptors (Lipinski definition) is 4. The Morgan fingerprint density at radius 2 is 2.18 bits per heavy atom. The molecule has 1 fully saturated rings. The molecule has 1 aromatic rings. The normalized spacial score (nSPS) is 19.3. The van der Waals surface area contributed by atoms with E-state index in [0.29, 0.717) is 12.2 Å². The van der Waals surface area contributed by atoms with Crippen molar-refractivity contribution in [2.45, 2.75) is 32.7 Å². The zero-order chi connectivity index (χ0) is 14.7. The zero-order valence-corrected chi connectivity index (χ0v) is 14.0. The highest BCUT2D eigenvalue weighted by atomic mass is 35.5. The van der Waals surface area contributed by atoms with E-state index in [-0.39, 0.29) is 18.3 Å². The second kappa shape index (κ2) is 7.94. The molecule has 1 saturated heterocycles. The number of rotatable bonds is 4. The summed E-state index contributed by atoms with van der Waals surface area (Å²) in [6, 6.07) is 0. The molecule has 7 heteroatoms. The Morgan fingerprint density at radius 1 is 1.41 bits per heavy atom. The van der Waals surface area contributed by atoms with Crippen LogP contribution in [0.3, 0.4) is 0 Å². The van der Waals surface area contributed by atoms with Gasteiger partial charge in [0.05, 0.1) is 0 Å². The number of amides is 1. The molecule has 3 rings (SSSR count). The fraction of sp³-hybridized carbons (Fsp3) is 0.733. The maximum atomic E-state index is 12.2. The number of carbonyl (C=O) groups is 1. The monoisotopic (exact) mass is 327 g/mol. The summed E-state index contributed by atoms with van der Waals surface area (Å²) >= 11 is 0. The minimum Gasteiger partial charge on any atom is -0.349 e. The summed E-state index contributed by atoms with van der Waals surface area (Å²) in [5.74, 6) is 0.792. The van der Waals surface area contributed by atoms with Crippen LogP contribution in [0, 0.1) is 5.92 Å². The third-order valence-corrected chi connectivity index (χ3v) is 4.61. The van der Waals surface area contributed by atoms with Crippen molar-refractivity contribution in [3.8, 4) is 0 Å². The molecule has 2 aliphatic rings. The topological polar surface area (TPSA) is 73.0 Å². The van der Waals surface area contributed by atoms with Crippen molar-refractivity contribution in [3.63, 3.8) is 0 Å². The summed E-state index contributed by atoms with van der Waals surface area (Å²) in [6.45, 7) is 7.93. The highest BCUT2D eigenvalue weighted by Crippen LogP contribution is 2.16. The van der Waals surface area contributed by atoms with Crippen molar-refractivity contribution >= 4 is 18.3 Å². The lowest BCUT2D eigenvalue weighted by Gasteiger charge is -2.30. The van der Waals surface area contributed by atoms with E-state index in [9.17, 15) is 4.79 Å². The Labute approximate surface area is 137 Å². The van der Waals surface area contributed by atoms with Gasteiger partial charge in [-0.15, -0.1) is 12.4 Å². The molecule has 0 aromatic carbocycles. The SMILES string of the molecule is CC1CCN(CCNC(=O)c2n[nH]c3c2CNCC3)CC1.Cl. The van der Waals surface area contributed by atoms with E-state index in [2.05, 4.69) is 32.7 Å². The number of carbonyl (C=O) groups excluding carboxylic acids is 1. The van der Waals surface area contributed by atoms with Crippen molar-refractivity contribution in [2.24, 2.45) is 5.92 Å². The van der Waals surface area contributed by atoms with Gasteiger partial charge in [0.25, 0.3) is 5.91 Å². The molecule has 0 radical (unpaired) electrons. The summed E-state index contributed by atoms with van der Waals surface area (Å²) in [6.07, 6.45) is 3.46. The van der Waals surface area contributed by atoms with Crippen LogP contribution in [0.15, 0.2) is 0 Å². The quantitative estimate of drug-likeness (QED) is 0.769. The third-order valence-electron chi connectivity index (χ3n) is 4.61. The molecule has 2 aliphatic heterocycles. The third kappa shape index (κ3) is 4.00. The van der Waals surface area contributed by atoms with Crippen LogP contribution in [0.1, 0.15) is 41.5 Å². The van der Waals surface area contributed by atoms with Crippen molar-refractivity contribution in [1.29, 1.82) is 0 Å². The van der Waals surface area contributed by atoms with E-state index < -0.39 is 0 Å². The molecule has 1 amide bonds. The van der Waals surface area contributed by atoms with E-state index >= 15 is 0 Å². The Bertz CT molecular complexity index is 496. The number of H-pyrrole nitrogens is 1. The van der Waals surface area contributed by atoms with Gasteiger partial charge in [0, 0.05) is 43.9 Å². The van der Waals surface area contributed by atoms with E-state index in [0.717, 1.165) is 56.3 Å². The molecule has 22 heavy (non-hydrogen) atoms. The summed E-state index contributed by atoms with van der Waals surface area (Å²) in [5.41, 5.74) is 2.69. The Balaban J connectivity index is 0.00000176. The number of piperidine rings is 1. The van der Waals surface area contributed by atoms with Gasteiger partial charge in [0.2, 0.25) is 0 Å². The van der Waals surface area contributed by atoms with Crippen LogP contribution in [0.4, 0.5) is 0 Å². The molecule has 0 aliphatic carbocycles.